The molecule has 0 spiro atoms. The van der Waals surface area contributed by atoms with Crippen molar-refractivity contribution in [3.8, 4) is 0 Å². The van der Waals surface area contributed by atoms with E-state index in [1.807, 2.05) is 31.7 Å². The minimum Gasteiger partial charge on any atom is -0.332 e. The molecule has 1 aromatic carbocycles. The molecule has 0 bridgehead atoms. The summed E-state index contributed by atoms with van der Waals surface area (Å²) in [5, 5.41) is 0.366. The van der Waals surface area contributed by atoms with Crippen molar-refractivity contribution in [2.45, 2.75) is 36.5 Å². The first-order chi connectivity index (χ1) is 10.1. The fourth-order valence-corrected chi connectivity index (χ4v) is 4.29. The zero-order valence-electron chi connectivity index (χ0n) is 12.4. The minimum atomic E-state index is -0.350. The molecular weight excluding hydrogens is 284 g/mol. The van der Waals surface area contributed by atoms with Gasteiger partial charge in [-0.05, 0) is 31.9 Å². The Morgan fingerprint density at radius 3 is 2.67 bits per heavy atom. The third-order valence-corrected chi connectivity index (χ3v) is 5.40. The van der Waals surface area contributed by atoms with Crippen LogP contribution in [0, 0.1) is 0 Å². The largest absolute Gasteiger partial charge is 0.332 e. The average molecular weight is 304 g/mol. The predicted octanol–water partition coefficient (Wildman–Crippen LogP) is 1.78. The van der Waals surface area contributed by atoms with Gasteiger partial charge in [-0.25, -0.2) is 0 Å². The van der Waals surface area contributed by atoms with E-state index < -0.39 is 0 Å². The molecule has 0 saturated carbocycles. The molecule has 1 saturated heterocycles. The van der Waals surface area contributed by atoms with Crippen molar-refractivity contribution in [2.75, 3.05) is 19.6 Å². The molecule has 2 aliphatic heterocycles. The standard InChI is InChI=1S/C16H20N2O2S/c1-11(2)18-8-7-17(15(19)16(18)20)10-13-9-12-5-3-4-6-14(12)21-13/h3-6,11,13H,7-10H2,1-2H3. The lowest BCUT2D eigenvalue weighted by atomic mass is 10.1. The van der Waals surface area contributed by atoms with Crippen LogP contribution in [0.2, 0.25) is 0 Å². The fourth-order valence-electron chi connectivity index (χ4n) is 2.96. The Balaban J connectivity index is 1.63. The summed E-state index contributed by atoms with van der Waals surface area (Å²) in [6, 6.07) is 8.46. The molecule has 1 fully saturated rings. The lowest BCUT2D eigenvalue weighted by Gasteiger charge is -2.36. The zero-order valence-corrected chi connectivity index (χ0v) is 13.2. The fraction of sp³-hybridized carbons (Fsp3) is 0.500. The second-order valence-corrected chi connectivity index (χ2v) is 7.24. The highest BCUT2D eigenvalue weighted by Gasteiger charge is 2.35. The minimum absolute atomic E-state index is 0.0914. The van der Waals surface area contributed by atoms with Crippen LogP contribution in [0.5, 0.6) is 0 Å². The number of benzene rings is 1. The van der Waals surface area contributed by atoms with Crippen LogP contribution >= 0.6 is 11.8 Å². The number of hydrogen-bond acceptors (Lipinski definition) is 3. The maximum absolute atomic E-state index is 12.2. The van der Waals surface area contributed by atoms with Gasteiger partial charge in [-0.3, -0.25) is 9.59 Å². The van der Waals surface area contributed by atoms with Gasteiger partial charge in [0.15, 0.2) is 0 Å². The molecule has 21 heavy (non-hydrogen) atoms. The molecule has 112 valence electrons. The van der Waals surface area contributed by atoms with Crippen molar-refractivity contribution < 1.29 is 9.59 Å². The highest BCUT2D eigenvalue weighted by atomic mass is 32.2. The molecule has 1 unspecified atom stereocenters. The molecule has 1 atom stereocenters. The summed E-state index contributed by atoms with van der Waals surface area (Å²) in [7, 11) is 0. The lowest BCUT2D eigenvalue weighted by Crippen LogP contribution is -2.57. The number of nitrogens with zero attached hydrogens (tertiary/aromatic N) is 2. The summed E-state index contributed by atoms with van der Waals surface area (Å²) < 4.78 is 0. The smallest absolute Gasteiger partial charge is 0.312 e. The SMILES string of the molecule is CC(C)N1CCN(CC2Cc3ccccc3S2)C(=O)C1=O. The summed E-state index contributed by atoms with van der Waals surface area (Å²) in [6.07, 6.45) is 0.979. The molecule has 0 N–H and O–H groups in total. The van der Waals surface area contributed by atoms with Crippen LogP contribution in [-0.4, -0.2) is 52.5 Å². The van der Waals surface area contributed by atoms with Crippen molar-refractivity contribution in [1.29, 1.82) is 0 Å². The molecule has 2 aliphatic rings. The first-order valence-electron chi connectivity index (χ1n) is 7.40. The summed E-state index contributed by atoms with van der Waals surface area (Å²) in [5.74, 6) is -0.691. The lowest BCUT2D eigenvalue weighted by molar-refractivity contribution is -0.157. The van der Waals surface area contributed by atoms with Gasteiger partial charge in [-0.15, -0.1) is 11.8 Å². The van der Waals surface area contributed by atoms with E-state index in [2.05, 4.69) is 18.2 Å². The Hall–Kier alpha value is -1.49. The quantitative estimate of drug-likeness (QED) is 0.799. The van der Waals surface area contributed by atoms with Crippen molar-refractivity contribution in [3.05, 3.63) is 29.8 Å². The summed E-state index contributed by atoms with van der Waals surface area (Å²) in [5.41, 5.74) is 1.35. The summed E-state index contributed by atoms with van der Waals surface area (Å²) in [4.78, 5) is 29.0. The number of rotatable bonds is 3. The highest BCUT2D eigenvalue weighted by Crippen LogP contribution is 2.37. The second-order valence-electron chi connectivity index (χ2n) is 5.90. The maximum Gasteiger partial charge on any atom is 0.312 e. The van der Waals surface area contributed by atoms with Gasteiger partial charge in [0, 0.05) is 35.8 Å². The van der Waals surface area contributed by atoms with Crippen LogP contribution in [0.4, 0.5) is 0 Å². The number of thioether (sulfide) groups is 1. The van der Waals surface area contributed by atoms with E-state index in [1.54, 1.807) is 9.80 Å². The number of hydrogen-bond donors (Lipinski definition) is 0. The van der Waals surface area contributed by atoms with Crippen molar-refractivity contribution in [1.82, 2.24) is 9.80 Å². The van der Waals surface area contributed by atoms with Crippen molar-refractivity contribution in [3.63, 3.8) is 0 Å². The molecule has 2 amide bonds. The van der Waals surface area contributed by atoms with Gasteiger partial charge < -0.3 is 9.80 Å². The molecular formula is C16H20N2O2S. The molecule has 4 nitrogen and oxygen atoms in total. The van der Waals surface area contributed by atoms with E-state index in [1.165, 1.54) is 10.5 Å². The van der Waals surface area contributed by atoms with E-state index in [0.717, 1.165) is 6.42 Å². The van der Waals surface area contributed by atoms with E-state index in [4.69, 9.17) is 0 Å². The van der Waals surface area contributed by atoms with Gasteiger partial charge in [0.2, 0.25) is 0 Å². The number of carbonyl (C=O) groups is 2. The van der Waals surface area contributed by atoms with Gasteiger partial charge in [0.25, 0.3) is 0 Å². The average Bonchev–Trinajstić information content (AvgIpc) is 2.86. The molecule has 3 rings (SSSR count). The molecule has 0 aliphatic carbocycles. The first kappa shape index (κ1) is 14.4. The van der Waals surface area contributed by atoms with Gasteiger partial charge in [-0.1, -0.05) is 18.2 Å². The monoisotopic (exact) mass is 304 g/mol. The normalized spacial score (nSPS) is 22.1. The van der Waals surface area contributed by atoms with E-state index in [9.17, 15) is 9.59 Å². The van der Waals surface area contributed by atoms with Gasteiger partial charge in [-0.2, -0.15) is 0 Å². The first-order valence-corrected chi connectivity index (χ1v) is 8.28. The third-order valence-electron chi connectivity index (χ3n) is 4.10. The van der Waals surface area contributed by atoms with Crippen LogP contribution in [0.1, 0.15) is 19.4 Å². The van der Waals surface area contributed by atoms with E-state index in [-0.39, 0.29) is 17.9 Å². The third kappa shape index (κ3) is 2.79. The molecule has 0 aromatic heterocycles. The number of carbonyl (C=O) groups excluding carboxylic acids is 2. The Labute approximate surface area is 129 Å². The van der Waals surface area contributed by atoms with E-state index in [0.29, 0.717) is 24.9 Å². The van der Waals surface area contributed by atoms with Crippen LogP contribution in [0.25, 0.3) is 0 Å². The predicted molar refractivity (Wildman–Crippen MR) is 83.2 cm³/mol. The Bertz CT molecular complexity index is 548. The van der Waals surface area contributed by atoms with Crippen molar-refractivity contribution in [2.24, 2.45) is 0 Å². The summed E-state index contributed by atoms with van der Waals surface area (Å²) in [6.45, 7) is 5.85. The molecule has 0 radical (unpaired) electrons. The number of fused-ring (bicyclic) bond motifs is 1. The maximum atomic E-state index is 12.2. The molecule has 2 heterocycles. The molecule has 5 heteroatoms. The van der Waals surface area contributed by atoms with Gasteiger partial charge in [0.05, 0.1) is 0 Å². The Kier molecular flexibility index (Phi) is 3.93. The van der Waals surface area contributed by atoms with Crippen LogP contribution in [-0.2, 0) is 16.0 Å². The number of amides is 2. The Morgan fingerprint density at radius 2 is 1.95 bits per heavy atom. The van der Waals surface area contributed by atoms with Crippen LogP contribution in [0.3, 0.4) is 0 Å². The van der Waals surface area contributed by atoms with Gasteiger partial charge in [0.1, 0.15) is 0 Å². The van der Waals surface area contributed by atoms with E-state index >= 15 is 0 Å². The number of piperazine rings is 1. The highest BCUT2D eigenvalue weighted by molar-refractivity contribution is 8.00. The topological polar surface area (TPSA) is 40.6 Å². The van der Waals surface area contributed by atoms with Gasteiger partial charge >= 0.3 is 11.8 Å². The zero-order chi connectivity index (χ0) is 15.0. The molecule has 1 aromatic rings. The Morgan fingerprint density at radius 1 is 1.19 bits per heavy atom. The van der Waals surface area contributed by atoms with Crippen LogP contribution < -0.4 is 0 Å². The second kappa shape index (κ2) is 5.72. The van der Waals surface area contributed by atoms with Crippen molar-refractivity contribution >= 4 is 23.6 Å². The van der Waals surface area contributed by atoms with Crippen LogP contribution in [0.15, 0.2) is 29.2 Å². The summed E-state index contributed by atoms with van der Waals surface area (Å²) >= 11 is 1.82.